The van der Waals surface area contributed by atoms with Gasteiger partial charge in [0.1, 0.15) is 12.1 Å². The van der Waals surface area contributed by atoms with Crippen LogP contribution in [0.3, 0.4) is 0 Å². The van der Waals surface area contributed by atoms with Gasteiger partial charge in [-0.15, -0.1) is 0 Å². The van der Waals surface area contributed by atoms with Gasteiger partial charge in [-0.2, -0.15) is 4.72 Å². The van der Waals surface area contributed by atoms with Crippen molar-refractivity contribution in [3.63, 3.8) is 0 Å². The van der Waals surface area contributed by atoms with Crippen LogP contribution in [0.5, 0.6) is 0 Å². The fourth-order valence-electron chi connectivity index (χ4n) is 3.30. The number of hydrogen-bond donors (Lipinski definition) is 5. The summed E-state index contributed by atoms with van der Waals surface area (Å²) in [4.78, 5) is 33.1. The van der Waals surface area contributed by atoms with E-state index in [0.717, 1.165) is 5.56 Å². The highest BCUT2D eigenvalue weighted by atomic mass is 32.2. The van der Waals surface area contributed by atoms with Gasteiger partial charge in [0.2, 0.25) is 15.9 Å². The van der Waals surface area contributed by atoms with Crippen molar-refractivity contribution in [2.75, 3.05) is 6.54 Å². The number of carbonyl (C=O) groups excluding carboxylic acids is 1. The molecule has 1 heterocycles. The van der Waals surface area contributed by atoms with Crippen molar-refractivity contribution in [3.8, 4) is 0 Å². The van der Waals surface area contributed by atoms with E-state index in [-0.39, 0.29) is 17.3 Å². The second-order valence-electron chi connectivity index (χ2n) is 7.89. The first-order valence-electron chi connectivity index (χ1n) is 10.5. The Bertz CT molecular complexity index is 1260. The Morgan fingerprint density at radius 2 is 1.94 bits per heavy atom. The average molecular weight is 503 g/mol. The highest BCUT2D eigenvalue weighted by molar-refractivity contribution is 7.89. The summed E-state index contributed by atoms with van der Waals surface area (Å²) in [6, 6.07) is 11.5. The fourth-order valence-corrected chi connectivity index (χ4v) is 4.59. The SMILES string of the molecule is Cc1cccc(S(=O)(=O)N[C@@H](CNC(=O)C[C@@H]2CC(c3ccc(N=C(N)N)cc3)=NO2)C(=O)O)c1. The van der Waals surface area contributed by atoms with E-state index in [1.54, 1.807) is 43.3 Å². The number of aliphatic imine (C=N–C) groups is 1. The van der Waals surface area contributed by atoms with Crippen LogP contribution >= 0.6 is 0 Å². The quantitative estimate of drug-likeness (QED) is 0.226. The zero-order chi connectivity index (χ0) is 25.6. The first-order chi connectivity index (χ1) is 16.5. The number of aliphatic carboxylic acids is 1. The summed E-state index contributed by atoms with van der Waals surface area (Å²) in [5, 5.41) is 15.9. The predicted molar refractivity (Wildman–Crippen MR) is 128 cm³/mol. The second kappa shape index (κ2) is 11.0. The number of nitrogens with one attached hydrogen (secondary N) is 2. The Balaban J connectivity index is 1.52. The van der Waals surface area contributed by atoms with Crippen LogP contribution in [0.15, 0.2) is 63.6 Å². The Labute approximate surface area is 202 Å². The molecule has 13 heteroatoms. The minimum atomic E-state index is -4.09. The van der Waals surface area contributed by atoms with Crippen LogP contribution in [0, 0.1) is 6.92 Å². The lowest BCUT2D eigenvalue weighted by Gasteiger charge is -2.16. The lowest BCUT2D eigenvalue weighted by atomic mass is 10.0. The molecule has 0 radical (unpaired) electrons. The van der Waals surface area contributed by atoms with Crippen molar-refractivity contribution >= 4 is 39.3 Å². The summed E-state index contributed by atoms with van der Waals surface area (Å²) in [6.45, 7) is 1.28. The van der Waals surface area contributed by atoms with Crippen LogP contribution < -0.4 is 21.5 Å². The zero-order valence-electron chi connectivity index (χ0n) is 18.8. The molecule has 2 aromatic carbocycles. The van der Waals surface area contributed by atoms with Crippen LogP contribution in [0.25, 0.3) is 0 Å². The van der Waals surface area contributed by atoms with Gasteiger partial charge in [-0.1, -0.05) is 29.4 Å². The number of amides is 1. The average Bonchev–Trinajstić information content (AvgIpc) is 3.25. The van der Waals surface area contributed by atoms with Crippen molar-refractivity contribution in [2.45, 2.75) is 36.8 Å². The summed E-state index contributed by atoms with van der Waals surface area (Å²) < 4.78 is 27.2. The van der Waals surface area contributed by atoms with E-state index < -0.39 is 40.6 Å². The van der Waals surface area contributed by atoms with Crippen molar-refractivity contribution in [1.82, 2.24) is 10.0 Å². The number of carboxylic acids is 1. The van der Waals surface area contributed by atoms with Crippen LogP contribution in [0.2, 0.25) is 0 Å². The van der Waals surface area contributed by atoms with Gasteiger partial charge in [0, 0.05) is 13.0 Å². The number of aryl methyl sites for hydroxylation is 1. The molecule has 1 aliphatic rings. The molecule has 0 aliphatic carbocycles. The van der Waals surface area contributed by atoms with E-state index >= 15 is 0 Å². The van der Waals surface area contributed by atoms with Crippen LogP contribution in [-0.2, 0) is 24.4 Å². The van der Waals surface area contributed by atoms with Crippen molar-refractivity contribution in [2.24, 2.45) is 21.6 Å². The summed E-state index contributed by atoms with van der Waals surface area (Å²) in [5.41, 5.74) is 13.4. The number of nitrogens with zero attached hydrogens (tertiary/aromatic N) is 2. The number of sulfonamides is 1. The summed E-state index contributed by atoms with van der Waals surface area (Å²) >= 11 is 0. The van der Waals surface area contributed by atoms with E-state index in [0.29, 0.717) is 23.4 Å². The Kier molecular flexibility index (Phi) is 8.04. The summed E-state index contributed by atoms with van der Waals surface area (Å²) in [7, 11) is -4.09. The lowest BCUT2D eigenvalue weighted by Crippen LogP contribution is -2.48. The fraction of sp³-hybridized carbons (Fsp3) is 0.273. The minimum Gasteiger partial charge on any atom is -0.480 e. The number of carbonyl (C=O) groups is 2. The Morgan fingerprint density at radius 1 is 1.23 bits per heavy atom. The normalized spacial score (nSPS) is 16.0. The maximum Gasteiger partial charge on any atom is 0.323 e. The van der Waals surface area contributed by atoms with Crippen molar-refractivity contribution < 1.29 is 28.0 Å². The van der Waals surface area contributed by atoms with Crippen LogP contribution in [-0.4, -0.2) is 55.8 Å². The first-order valence-corrected chi connectivity index (χ1v) is 12.0. The van der Waals surface area contributed by atoms with Crippen LogP contribution in [0.4, 0.5) is 5.69 Å². The molecule has 2 atom stereocenters. The summed E-state index contributed by atoms with van der Waals surface area (Å²) in [5.74, 6) is -1.98. The van der Waals surface area contributed by atoms with Gasteiger partial charge in [-0.3, -0.25) is 9.59 Å². The molecule has 2 aromatic rings. The molecule has 0 unspecified atom stereocenters. The molecule has 0 bridgehead atoms. The molecule has 0 spiro atoms. The molecule has 1 amide bonds. The third kappa shape index (κ3) is 7.25. The maximum atomic E-state index is 12.5. The summed E-state index contributed by atoms with van der Waals surface area (Å²) in [6.07, 6.45) is -0.275. The number of benzene rings is 2. The molecule has 0 saturated carbocycles. The van der Waals surface area contributed by atoms with E-state index in [2.05, 4.69) is 20.2 Å². The largest absolute Gasteiger partial charge is 0.480 e. The number of guanidine groups is 1. The molecule has 186 valence electrons. The Morgan fingerprint density at radius 3 is 2.57 bits per heavy atom. The molecule has 0 fully saturated rings. The molecular formula is C22H26N6O6S. The topological polar surface area (TPSA) is 199 Å². The molecular weight excluding hydrogens is 476 g/mol. The second-order valence-corrected chi connectivity index (χ2v) is 9.60. The highest BCUT2D eigenvalue weighted by Crippen LogP contribution is 2.21. The zero-order valence-corrected chi connectivity index (χ0v) is 19.7. The third-order valence-electron chi connectivity index (χ3n) is 5.00. The lowest BCUT2D eigenvalue weighted by molar-refractivity contribution is -0.138. The van der Waals surface area contributed by atoms with E-state index in [4.69, 9.17) is 16.3 Å². The first kappa shape index (κ1) is 25.6. The highest BCUT2D eigenvalue weighted by Gasteiger charge is 2.28. The standard InChI is InChI=1S/C22H26N6O6S/c1-13-3-2-4-17(9-13)35(32,33)28-19(21(30)31)12-25-20(29)11-16-10-18(27-34-16)14-5-7-15(8-6-14)26-22(23)24/h2-9,16,19,28H,10-12H2,1H3,(H,25,29)(H,30,31)(H4,23,24,26)/t16-,19-/m0/s1. The Hall–Kier alpha value is -3.97. The van der Waals surface area contributed by atoms with Gasteiger partial charge >= 0.3 is 5.97 Å². The van der Waals surface area contributed by atoms with Gasteiger partial charge < -0.3 is 26.7 Å². The molecule has 12 nitrogen and oxygen atoms in total. The molecule has 3 rings (SSSR count). The van der Waals surface area contributed by atoms with Crippen LogP contribution in [0.1, 0.15) is 24.0 Å². The van der Waals surface area contributed by atoms with Gasteiger partial charge in [0.25, 0.3) is 0 Å². The molecule has 35 heavy (non-hydrogen) atoms. The minimum absolute atomic E-state index is 0.0570. The number of rotatable bonds is 10. The number of carboxylic acid groups (broad SMARTS) is 1. The number of nitrogens with two attached hydrogens (primary N) is 2. The molecule has 7 N–H and O–H groups in total. The smallest absolute Gasteiger partial charge is 0.323 e. The van der Waals surface area contributed by atoms with Crippen molar-refractivity contribution in [3.05, 3.63) is 59.7 Å². The van der Waals surface area contributed by atoms with E-state index in [1.807, 2.05) is 0 Å². The van der Waals surface area contributed by atoms with E-state index in [9.17, 15) is 23.1 Å². The number of hydrogen-bond acceptors (Lipinski definition) is 7. The molecule has 0 aromatic heterocycles. The van der Waals surface area contributed by atoms with Gasteiger partial charge in [-0.25, -0.2) is 13.4 Å². The van der Waals surface area contributed by atoms with Gasteiger partial charge in [0.15, 0.2) is 5.96 Å². The van der Waals surface area contributed by atoms with E-state index in [1.165, 1.54) is 12.1 Å². The maximum absolute atomic E-state index is 12.5. The predicted octanol–water partition coefficient (Wildman–Crippen LogP) is 0.331. The monoisotopic (exact) mass is 502 g/mol. The van der Waals surface area contributed by atoms with Crippen molar-refractivity contribution in [1.29, 1.82) is 0 Å². The van der Waals surface area contributed by atoms with Gasteiger partial charge in [-0.05, 0) is 42.3 Å². The number of oxime groups is 1. The van der Waals surface area contributed by atoms with Gasteiger partial charge in [0.05, 0.1) is 22.7 Å². The molecule has 1 aliphatic heterocycles. The molecule has 0 saturated heterocycles. The third-order valence-corrected chi connectivity index (χ3v) is 6.47.